The van der Waals surface area contributed by atoms with E-state index in [4.69, 9.17) is 27.9 Å². The molecular weight excluding hydrogens is 259 g/mol. The van der Waals surface area contributed by atoms with Crippen molar-refractivity contribution in [3.8, 4) is 11.6 Å². The second-order valence-corrected chi connectivity index (χ2v) is 4.46. The van der Waals surface area contributed by atoms with Gasteiger partial charge in [-0.25, -0.2) is 4.98 Å². The van der Waals surface area contributed by atoms with Crippen LogP contribution in [0.3, 0.4) is 0 Å². The molecule has 0 aliphatic heterocycles. The second-order valence-electron chi connectivity index (χ2n) is 3.72. The van der Waals surface area contributed by atoms with E-state index in [0.29, 0.717) is 10.8 Å². The number of hydrogen-bond acceptors (Lipinski definition) is 3. The Bertz CT molecular complexity index is 538. The minimum atomic E-state index is 0.105. The van der Waals surface area contributed by atoms with Crippen molar-refractivity contribution in [3.63, 3.8) is 0 Å². The van der Waals surface area contributed by atoms with E-state index in [1.807, 2.05) is 26.0 Å². The Kier molecular flexibility index (Phi) is 3.50. The monoisotopic (exact) mass is 268 g/mol. The van der Waals surface area contributed by atoms with Gasteiger partial charge in [0.1, 0.15) is 10.8 Å². The summed E-state index contributed by atoms with van der Waals surface area (Å²) in [5.74, 6) is 0.941. The van der Waals surface area contributed by atoms with E-state index in [-0.39, 0.29) is 11.2 Å². The zero-order chi connectivity index (χ0) is 12.4. The van der Waals surface area contributed by atoms with Crippen molar-refractivity contribution < 1.29 is 4.74 Å². The first-order valence-corrected chi connectivity index (χ1v) is 5.74. The summed E-state index contributed by atoms with van der Waals surface area (Å²) in [6.07, 6.45) is 1.41. The molecule has 1 aromatic carbocycles. The molecule has 0 saturated carbocycles. The van der Waals surface area contributed by atoms with Crippen molar-refractivity contribution in [1.29, 1.82) is 0 Å². The van der Waals surface area contributed by atoms with Gasteiger partial charge in [0.25, 0.3) is 0 Å². The fraction of sp³-hybridized carbons (Fsp3) is 0.167. The van der Waals surface area contributed by atoms with Gasteiger partial charge >= 0.3 is 0 Å². The van der Waals surface area contributed by atoms with Crippen molar-refractivity contribution in [2.24, 2.45) is 0 Å². The van der Waals surface area contributed by atoms with Crippen LogP contribution in [0, 0.1) is 13.8 Å². The van der Waals surface area contributed by atoms with Gasteiger partial charge in [0.2, 0.25) is 11.2 Å². The smallest absolute Gasteiger partial charge is 0.242 e. The number of halogens is 2. The highest BCUT2D eigenvalue weighted by molar-refractivity contribution is 6.32. The Labute approximate surface area is 109 Å². The van der Waals surface area contributed by atoms with Gasteiger partial charge < -0.3 is 4.74 Å². The number of hydrogen-bond donors (Lipinski definition) is 0. The van der Waals surface area contributed by atoms with Crippen LogP contribution in [0.1, 0.15) is 11.1 Å². The number of ether oxygens (including phenoxy) is 1. The number of nitrogens with zero attached hydrogens (tertiary/aromatic N) is 2. The van der Waals surface area contributed by atoms with Gasteiger partial charge in [-0.2, -0.15) is 4.98 Å². The molecule has 88 valence electrons. The fourth-order valence-corrected chi connectivity index (χ4v) is 1.76. The highest BCUT2D eigenvalue weighted by atomic mass is 35.5. The van der Waals surface area contributed by atoms with E-state index < -0.39 is 0 Å². The maximum Gasteiger partial charge on any atom is 0.242 e. The average molecular weight is 269 g/mol. The molecule has 1 aromatic heterocycles. The first-order chi connectivity index (χ1) is 8.04. The zero-order valence-electron chi connectivity index (χ0n) is 9.37. The van der Waals surface area contributed by atoms with Crippen LogP contribution in [0.2, 0.25) is 10.3 Å². The first-order valence-electron chi connectivity index (χ1n) is 4.99. The first kappa shape index (κ1) is 12.1. The van der Waals surface area contributed by atoms with E-state index >= 15 is 0 Å². The Morgan fingerprint density at radius 3 is 2.35 bits per heavy atom. The van der Waals surface area contributed by atoms with E-state index in [0.717, 1.165) is 11.1 Å². The standard InChI is InChI=1S/C12H10Cl2N2O/c1-7-3-8(2)5-9(4-7)17-11-10(13)6-15-12(14)16-11/h3-6H,1-2H3. The highest BCUT2D eigenvalue weighted by Gasteiger charge is 2.07. The lowest BCUT2D eigenvalue weighted by atomic mass is 10.1. The largest absolute Gasteiger partial charge is 0.437 e. The predicted molar refractivity (Wildman–Crippen MR) is 68.0 cm³/mol. The lowest BCUT2D eigenvalue weighted by Crippen LogP contribution is -1.92. The minimum Gasteiger partial charge on any atom is -0.437 e. The number of benzene rings is 1. The molecular formula is C12H10Cl2N2O. The third kappa shape index (κ3) is 3.08. The maximum atomic E-state index is 5.92. The topological polar surface area (TPSA) is 35.0 Å². The maximum absolute atomic E-state index is 5.92. The molecule has 0 aliphatic rings. The van der Waals surface area contributed by atoms with Crippen molar-refractivity contribution >= 4 is 23.2 Å². The van der Waals surface area contributed by atoms with Crippen LogP contribution in [-0.4, -0.2) is 9.97 Å². The summed E-state index contributed by atoms with van der Waals surface area (Å²) in [5, 5.41) is 0.433. The number of aromatic nitrogens is 2. The van der Waals surface area contributed by atoms with Gasteiger partial charge in [0, 0.05) is 0 Å². The SMILES string of the molecule is Cc1cc(C)cc(Oc2nc(Cl)ncc2Cl)c1. The molecule has 2 rings (SSSR count). The van der Waals surface area contributed by atoms with Crippen LogP contribution < -0.4 is 4.74 Å². The molecule has 0 N–H and O–H groups in total. The second kappa shape index (κ2) is 4.90. The molecule has 0 radical (unpaired) electrons. The van der Waals surface area contributed by atoms with Gasteiger partial charge in [-0.1, -0.05) is 17.7 Å². The summed E-state index contributed by atoms with van der Waals surface area (Å²) in [4.78, 5) is 7.69. The van der Waals surface area contributed by atoms with Gasteiger partial charge in [0.15, 0.2) is 0 Å². The van der Waals surface area contributed by atoms with Gasteiger partial charge in [-0.05, 0) is 48.7 Å². The molecule has 0 unspecified atom stereocenters. The van der Waals surface area contributed by atoms with Crippen LogP contribution in [0.5, 0.6) is 11.6 Å². The molecule has 2 aromatic rings. The van der Waals surface area contributed by atoms with Crippen LogP contribution >= 0.6 is 23.2 Å². The fourth-order valence-electron chi connectivity index (χ4n) is 1.51. The van der Waals surface area contributed by atoms with Crippen molar-refractivity contribution in [3.05, 3.63) is 45.8 Å². The molecule has 0 amide bonds. The Morgan fingerprint density at radius 2 is 1.71 bits per heavy atom. The van der Waals surface area contributed by atoms with Crippen molar-refractivity contribution in [1.82, 2.24) is 9.97 Å². The van der Waals surface area contributed by atoms with E-state index in [9.17, 15) is 0 Å². The Balaban J connectivity index is 2.34. The predicted octanol–water partition coefficient (Wildman–Crippen LogP) is 4.19. The van der Waals surface area contributed by atoms with Crippen LogP contribution in [-0.2, 0) is 0 Å². The highest BCUT2D eigenvalue weighted by Crippen LogP contribution is 2.28. The summed E-state index contributed by atoms with van der Waals surface area (Å²) in [7, 11) is 0. The minimum absolute atomic E-state index is 0.105. The lowest BCUT2D eigenvalue weighted by molar-refractivity contribution is 0.461. The van der Waals surface area contributed by atoms with Crippen LogP contribution in [0.15, 0.2) is 24.4 Å². The Hall–Kier alpha value is -1.32. The summed E-state index contributed by atoms with van der Waals surface area (Å²) in [5.41, 5.74) is 2.22. The molecule has 5 heteroatoms. The molecule has 0 atom stereocenters. The molecule has 3 nitrogen and oxygen atoms in total. The van der Waals surface area contributed by atoms with Crippen molar-refractivity contribution in [2.75, 3.05) is 0 Å². The lowest BCUT2D eigenvalue weighted by Gasteiger charge is -2.08. The summed E-state index contributed by atoms with van der Waals surface area (Å²) in [6.45, 7) is 3.99. The van der Waals surface area contributed by atoms with Gasteiger partial charge in [-0.3, -0.25) is 0 Å². The normalized spacial score (nSPS) is 10.4. The van der Waals surface area contributed by atoms with E-state index in [2.05, 4.69) is 16.0 Å². The zero-order valence-corrected chi connectivity index (χ0v) is 10.9. The Morgan fingerprint density at radius 1 is 1.06 bits per heavy atom. The molecule has 0 saturated heterocycles. The van der Waals surface area contributed by atoms with Crippen LogP contribution in [0.25, 0.3) is 0 Å². The molecule has 17 heavy (non-hydrogen) atoms. The quantitative estimate of drug-likeness (QED) is 0.766. The van der Waals surface area contributed by atoms with Gasteiger partial charge in [0.05, 0.1) is 6.20 Å². The van der Waals surface area contributed by atoms with Gasteiger partial charge in [-0.15, -0.1) is 0 Å². The summed E-state index contributed by atoms with van der Waals surface area (Å²) < 4.78 is 5.58. The molecule has 0 aliphatic carbocycles. The average Bonchev–Trinajstić information content (AvgIpc) is 2.22. The van der Waals surface area contributed by atoms with Crippen LogP contribution in [0.4, 0.5) is 0 Å². The number of aryl methyl sites for hydroxylation is 2. The third-order valence-corrected chi connectivity index (χ3v) is 2.53. The summed E-state index contributed by atoms with van der Waals surface area (Å²) in [6, 6.07) is 5.86. The molecule has 0 fully saturated rings. The van der Waals surface area contributed by atoms with Crippen molar-refractivity contribution in [2.45, 2.75) is 13.8 Å². The molecule has 0 spiro atoms. The molecule has 1 heterocycles. The van der Waals surface area contributed by atoms with E-state index in [1.165, 1.54) is 6.20 Å². The molecule has 0 bridgehead atoms. The number of rotatable bonds is 2. The summed E-state index contributed by atoms with van der Waals surface area (Å²) >= 11 is 11.6. The van der Waals surface area contributed by atoms with E-state index in [1.54, 1.807) is 0 Å². The third-order valence-electron chi connectivity index (χ3n) is 2.09.